The van der Waals surface area contributed by atoms with Gasteiger partial charge in [0.15, 0.2) is 0 Å². The largest absolute Gasteiger partial charge is 0.394 e. The van der Waals surface area contributed by atoms with Gasteiger partial charge in [-0.1, -0.05) is 0 Å². The molecule has 7 nitrogen and oxygen atoms in total. The summed E-state index contributed by atoms with van der Waals surface area (Å²) in [7, 11) is 0. The van der Waals surface area contributed by atoms with E-state index in [0.29, 0.717) is 26.2 Å². The van der Waals surface area contributed by atoms with Gasteiger partial charge in [-0.15, -0.1) is 0 Å². The third-order valence-electron chi connectivity index (χ3n) is 2.38. The van der Waals surface area contributed by atoms with Crippen LogP contribution in [0.15, 0.2) is 0 Å². The van der Waals surface area contributed by atoms with Gasteiger partial charge in [-0.3, -0.25) is 15.0 Å². The maximum absolute atomic E-state index is 11.5. The summed E-state index contributed by atoms with van der Waals surface area (Å²) < 4.78 is 5.26. The second kappa shape index (κ2) is 7.21. The van der Waals surface area contributed by atoms with Crippen LogP contribution < -0.4 is 10.6 Å². The Morgan fingerprint density at radius 2 is 2.29 bits per heavy atom. The minimum atomic E-state index is -0.482. The molecule has 1 aliphatic heterocycles. The molecule has 0 aliphatic carbocycles. The molecule has 1 rings (SSSR count). The maximum atomic E-state index is 11.5. The first-order valence-electron chi connectivity index (χ1n) is 5.68. The number of rotatable bonds is 4. The number of amides is 3. The second-order valence-corrected chi connectivity index (χ2v) is 3.82. The molecule has 0 spiro atoms. The van der Waals surface area contributed by atoms with Crippen LogP contribution in [0.2, 0.25) is 0 Å². The highest BCUT2D eigenvalue weighted by molar-refractivity contribution is 5.95. The van der Waals surface area contributed by atoms with Crippen molar-refractivity contribution in [2.45, 2.75) is 13.0 Å². The molecule has 1 unspecified atom stereocenters. The zero-order chi connectivity index (χ0) is 12.7. The van der Waals surface area contributed by atoms with E-state index in [0.717, 1.165) is 0 Å². The molecule has 0 bridgehead atoms. The van der Waals surface area contributed by atoms with E-state index in [1.54, 1.807) is 6.92 Å². The zero-order valence-corrected chi connectivity index (χ0v) is 9.94. The molecule has 0 aromatic rings. The lowest BCUT2D eigenvalue weighted by Crippen LogP contribution is -2.50. The number of aliphatic hydroxyl groups excluding tert-OH is 1. The number of hydrogen-bond donors (Lipinski definition) is 3. The van der Waals surface area contributed by atoms with Gasteiger partial charge in [0.1, 0.15) is 0 Å². The minimum Gasteiger partial charge on any atom is -0.394 e. The van der Waals surface area contributed by atoms with Crippen molar-refractivity contribution in [1.29, 1.82) is 0 Å². The summed E-state index contributed by atoms with van der Waals surface area (Å²) in [4.78, 5) is 24.4. The van der Waals surface area contributed by atoms with E-state index in [2.05, 4.69) is 10.6 Å². The first-order chi connectivity index (χ1) is 8.15. The lowest BCUT2D eigenvalue weighted by atomic mass is 10.3. The number of nitrogens with one attached hydrogen (secondary N) is 2. The van der Waals surface area contributed by atoms with Gasteiger partial charge in [0.25, 0.3) is 0 Å². The third-order valence-corrected chi connectivity index (χ3v) is 2.38. The summed E-state index contributed by atoms with van der Waals surface area (Å²) in [5, 5.41) is 13.6. The Morgan fingerprint density at radius 3 is 2.94 bits per heavy atom. The number of morpholine rings is 1. The first kappa shape index (κ1) is 13.9. The van der Waals surface area contributed by atoms with E-state index in [9.17, 15) is 9.59 Å². The van der Waals surface area contributed by atoms with Gasteiger partial charge in [-0.25, -0.2) is 4.79 Å². The fourth-order valence-corrected chi connectivity index (χ4v) is 1.61. The van der Waals surface area contributed by atoms with E-state index >= 15 is 0 Å². The lowest BCUT2D eigenvalue weighted by molar-refractivity contribution is -0.123. The topological polar surface area (TPSA) is 90.9 Å². The number of hydrogen-bond acceptors (Lipinski definition) is 5. The van der Waals surface area contributed by atoms with Crippen molar-refractivity contribution in [2.75, 3.05) is 39.4 Å². The molecule has 1 heterocycles. The number of ether oxygens (including phenoxy) is 1. The summed E-state index contributed by atoms with van der Waals surface area (Å²) in [5.41, 5.74) is 0. The Balaban J connectivity index is 2.28. The fourth-order valence-electron chi connectivity index (χ4n) is 1.61. The van der Waals surface area contributed by atoms with E-state index < -0.39 is 6.03 Å². The molecule has 1 fully saturated rings. The van der Waals surface area contributed by atoms with Gasteiger partial charge in [-0.2, -0.15) is 0 Å². The molecule has 7 heteroatoms. The molecule has 98 valence electrons. The Bertz CT molecular complexity index is 272. The molecule has 17 heavy (non-hydrogen) atoms. The highest BCUT2D eigenvalue weighted by Crippen LogP contribution is 2.03. The molecule has 0 saturated carbocycles. The molecule has 1 aliphatic rings. The quantitative estimate of drug-likeness (QED) is 0.562. The van der Waals surface area contributed by atoms with Crippen molar-refractivity contribution >= 4 is 11.9 Å². The molecular weight excluding hydrogens is 226 g/mol. The predicted molar refractivity (Wildman–Crippen MR) is 60.5 cm³/mol. The van der Waals surface area contributed by atoms with Gasteiger partial charge in [-0.05, 0) is 6.92 Å². The molecule has 0 aromatic heterocycles. The Hall–Kier alpha value is -1.18. The van der Waals surface area contributed by atoms with Crippen LogP contribution in [0.25, 0.3) is 0 Å². The first-order valence-corrected chi connectivity index (χ1v) is 5.68. The van der Waals surface area contributed by atoms with Gasteiger partial charge >= 0.3 is 6.03 Å². The Labute approximate surface area is 100 Å². The average molecular weight is 245 g/mol. The molecule has 1 atom stereocenters. The van der Waals surface area contributed by atoms with E-state index in [-0.39, 0.29) is 25.2 Å². The summed E-state index contributed by atoms with van der Waals surface area (Å²) in [6.07, 6.45) is -0.249. The van der Waals surface area contributed by atoms with Crippen LogP contribution in [-0.4, -0.2) is 67.4 Å². The predicted octanol–water partition coefficient (Wildman–Crippen LogP) is -1.47. The number of urea groups is 1. The Morgan fingerprint density at radius 1 is 1.53 bits per heavy atom. The van der Waals surface area contributed by atoms with Crippen LogP contribution >= 0.6 is 0 Å². The molecule has 0 aromatic carbocycles. The van der Waals surface area contributed by atoms with Crippen LogP contribution in [0, 0.1) is 0 Å². The van der Waals surface area contributed by atoms with E-state index in [1.165, 1.54) is 0 Å². The summed E-state index contributed by atoms with van der Waals surface area (Å²) in [6, 6.07) is -0.482. The van der Waals surface area contributed by atoms with Gasteiger partial charge < -0.3 is 15.2 Å². The smallest absolute Gasteiger partial charge is 0.321 e. The van der Waals surface area contributed by atoms with Gasteiger partial charge in [0.2, 0.25) is 5.91 Å². The number of nitrogens with zero attached hydrogens (tertiary/aromatic N) is 1. The highest BCUT2D eigenvalue weighted by Gasteiger charge is 2.21. The summed E-state index contributed by atoms with van der Waals surface area (Å²) >= 11 is 0. The van der Waals surface area contributed by atoms with Crippen LogP contribution in [0.3, 0.4) is 0 Å². The van der Waals surface area contributed by atoms with Crippen molar-refractivity contribution in [3.05, 3.63) is 0 Å². The standard InChI is InChI=1S/C10H19N3O4/c1-2-11-10(16)12-9(15)6-13-3-4-17-8(5-13)7-14/h8,14H,2-7H2,1H3,(H2,11,12,15,16). The number of imide groups is 1. The summed E-state index contributed by atoms with van der Waals surface area (Å²) in [6.45, 7) is 3.94. The minimum absolute atomic E-state index is 0.0611. The number of aliphatic hydroxyl groups is 1. The normalized spacial score (nSPS) is 20.9. The van der Waals surface area contributed by atoms with Crippen LogP contribution in [0.5, 0.6) is 0 Å². The second-order valence-electron chi connectivity index (χ2n) is 3.82. The maximum Gasteiger partial charge on any atom is 0.321 e. The Kier molecular flexibility index (Phi) is 5.88. The van der Waals surface area contributed by atoms with E-state index in [1.807, 2.05) is 4.90 Å². The number of carbonyl (C=O) groups is 2. The third kappa shape index (κ3) is 5.12. The van der Waals surface area contributed by atoms with Crippen molar-refractivity contribution in [1.82, 2.24) is 15.5 Å². The summed E-state index contributed by atoms with van der Waals surface area (Å²) in [5.74, 6) is -0.352. The lowest BCUT2D eigenvalue weighted by Gasteiger charge is -2.31. The van der Waals surface area contributed by atoms with Crippen molar-refractivity contribution in [2.24, 2.45) is 0 Å². The van der Waals surface area contributed by atoms with Crippen LogP contribution in [0.4, 0.5) is 4.79 Å². The van der Waals surface area contributed by atoms with Crippen LogP contribution in [0.1, 0.15) is 6.92 Å². The molecular formula is C10H19N3O4. The van der Waals surface area contributed by atoms with Crippen molar-refractivity contribution in [3.63, 3.8) is 0 Å². The van der Waals surface area contributed by atoms with Gasteiger partial charge in [0, 0.05) is 19.6 Å². The monoisotopic (exact) mass is 245 g/mol. The molecule has 1 saturated heterocycles. The molecule has 3 amide bonds. The molecule has 0 radical (unpaired) electrons. The van der Waals surface area contributed by atoms with Crippen LogP contribution in [-0.2, 0) is 9.53 Å². The zero-order valence-electron chi connectivity index (χ0n) is 9.94. The molecule has 3 N–H and O–H groups in total. The number of carbonyl (C=O) groups excluding carboxylic acids is 2. The highest BCUT2D eigenvalue weighted by atomic mass is 16.5. The van der Waals surface area contributed by atoms with E-state index in [4.69, 9.17) is 9.84 Å². The van der Waals surface area contributed by atoms with Gasteiger partial charge in [0.05, 0.1) is 25.9 Å². The fraction of sp³-hybridized carbons (Fsp3) is 0.800. The van der Waals surface area contributed by atoms with Crippen molar-refractivity contribution < 1.29 is 19.4 Å². The SMILES string of the molecule is CCNC(=O)NC(=O)CN1CCOC(CO)C1. The average Bonchev–Trinajstić information content (AvgIpc) is 2.29. The van der Waals surface area contributed by atoms with Crippen molar-refractivity contribution in [3.8, 4) is 0 Å².